The van der Waals surface area contributed by atoms with Crippen LogP contribution in [0.5, 0.6) is 0 Å². The van der Waals surface area contributed by atoms with Gasteiger partial charge in [0.25, 0.3) is 0 Å². The second kappa shape index (κ2) is 5.65. The molecule has 5 nitrogen and oxygen atoms in total. The molecule has 2 heterocycles. The largest absolute Gasteiger partial charge is 0.353 e. The zero-order valence-corrected chi connectivity index (χ0v) is 10.5. The minimum absolute atomic E-state index is 0.0319. The molecule has 0 bridgehead atoms. The Balaban J connectivity index is 1.73. The Bertz CT molecular complexity index is 337. The Morgan fingerprint density at radius 3 is 2.75 bits per heavy atom. The molecule has 1 aromatic rings. The molecule has 0 radical (unpaired) electrons. The Morgan fingerprint density at radius 2 is 2.12 bits per heavy atom. The van der Waals surface area contributed by atoms with Crippen molar-refractivity contribution in [1.29, 1.82) is 0 Å². The third-order valence-corrected chi connectivity index (χ3v) is 3.59. The van der Waals surface area contributed by atoms with Gasteiger partial charge in [-0.05, 0) is 13.3 Å². The van der Waals surface area contributed by atoms with Crippen molar-refractivity contribution < 1.29 is 9.47 Å². The van der Waals surface area contributed by atoms with Crippen LogP contribution in [-0.2, 0) is 16.5 Å². The van der Waals surface area contributed by atoms with E-state index in [1.54, 1.807) is 11.8 Å². The number of thioether (sulfide) groups is 1. The predicted octanol–water partition coefficient (Wildman–Crippen LogP) is 1.37. The summed E-state index contributed by atoms with van der Waals surface area (Å²) in [6.45, 7) is 3.58. The first kappa shape index (κ1) is 11.9. The van der Waals surface area contributed by atoms with Gasteiger partial charge in [-0.15, -0.1) is 10.2 Å². The molecule has 0 spiro atoms. The third-order valence-electron chi connectivity index (χ3n) is 2.53. The normalized spacial score (nSPS) is 17.9. The highest BCUT2D eigenvalue weighted by Gasteiger charge is 2.14. The lowest BCUT2D eigenvalue weighted by molar-refractivity contribution is -0.178. The molecule has 16 heavy (non-hydrogen) atoms. The van der Waals surface area contributed by atoms with Gasteiger partial charge in [0, 0.05) is 19.2 Å². The Hall–Kier alpha value is -0.590. The van der Waals surface area contributed by atoms with E-state index in [4.69, 9.17) is 9.47 Å². The molecule has 2 rings (SSSR count). The molecule has 0 aliphatic carbocycles. The summed E-state index contributed by atoms with van der Waals surface area (Å²) in [5.74, 6) is 1.88. The van der Waals surface area contributed by atoms with Crippen LogP contribution in [0.2, 0.25) is 0 Å². The van der Waals surface area contributed by atoms with Crippen molar-refractivity contribution in [2.75, 3.05) is 19.0 Å². The van der Waals surface area contributed by atoms with Crippen molar-refractivity contribution in [2.45, 2.75) is 31.2 Å². The number of ether oxygens (including phenoxy) is 2. The molecule has 0 N–H and O–H groups in total. The van der Waals surface area contributed by atoms with E-state index < -0.39 is 0 Å². The second-order valence-corrected chi connectivity index (χ2v) is 4.81. The number of rotatable bonds is 4. The summed E-state index contributed by atoms with van der Waals surface area (Å²) in [7, 11) is 1.98. The lowest BCUT2D eigenvalue weighted by Gasteiger charge is -2.22. The van der Waals surface area contributed by atoms with Crippen molar-refractivity contribution in [2.24, 2.45) is 7.05 Å². The molecule has 1 fully saturated rings. The van der Waals surface area contributed by atoms with Crippen molar-refractivity contribution in [1.82, 2.24) is 14.8 Å². The first-order chi connectivity index (χ1) is 7.77. The van der Waals surface area contributed by atoms with Crippen LogP contribution in [0, 0.1) is 6.92 Å². The topological polar surface area (TPSA) is 49.2 Å². The first-order valence-electron chi connectivity index (χ1n) is 5.49. The van der Waals surface area contributed by atoms with Gasteiger partial charge in [0.1, 0.15) is 5.82 Å². The zero-order valence-electron chi connectivity index (χ0n) is 9.68. The molecule has 1 aromatic heterocycles. The fraction of sp³-hybridized carbons (Fsp3) is 0.800. The van der Waals surface area contributed by atoms with Crippen LogP contribution < -0.4 is 0 Å². The van der Waals surface area contributed by atoms with Crippen LogP contribution in [-0.4, -0.2) is 40.0 Å². The summed E-state index contributed by atoms with van der Waals surface area (Å²) in [6.07, 6.45) is 1.87. The lowest BCUT2D eigenvalue weighted by Crippen LogP contribution is -2.25. The maximum absolute atomic E-state index is 5.47. The van der Waals surface area contributed by atoms with E-state index in [1.165, 1.54) is 0 Å². The van der Waals surface area contributed by atoms with Gasteiger partial charge < -0.3 is 14.0 Å². The van der Waals surface area contributed by atoms with Gasteiger partial charge in [-0.3, -0.25) is 0 Å². The quantitative estimate of drug-likeness (QED) is 0.747. The molecule has 6 heteroatoms. The number of nitrogens with zero attached hydrogens (tertiary/aromatic N) is 3. The summed E-state index contributed by atoms with van der Waals surface area (Å²) in [5.41, 5.74) is 0. The average molecular weight is 243 g/mol. The molecule has 1 aliphatic rings. The van der Waals surface area contributed by atoms with Crippen molar-refractivity contribution in [3.63, 3.8) is 0 Å². The first-order valence-corrected chi connectivity index (χ1v) is 6.48. The maximum Gasteiger partial charge on any atom is 0.190 e. The van der Waals surface area contributed by atoms with Crippen molar-refractivity contribution in [3.8, 4) is 0 Å². The van der Waals surface area contributed by atoms with Crippen LogP contribution in [0.25, 0.3) is 0 Å². The summed E-state index contributed by atoms with van der Waals surface area (Å²) in [4.78, 5) is 0. The summed E-state index contributed by atoms with van der Waals surface area (Å²) >= 11 is 1.69. The Morgan fingerprint density at radius 1 is 1.38 bits per heavy atom. The average Bonchev–Trinajstić information content (AvgIpc) is 2.62. The maximum atomic E-state index is 5.47. The predicted molar refractivity (Wildman–Crippen MR) is 61.4 cm³/mol. The molecule has 1 saturated heterocycles. The van der Waals surface area contributed by atoms with E-state index in [0.717, 1.165) is 42.8 Å². The molecule has 0 amide bonds. The highest BCUT2D eigenvalue weighted by Crippen LogP contribution is 2.19. The zero-order chi connectivity index (χ0) is 11.4. The molecule has 0 unspecified atom stereocenters. The van der Waals surface area contributed by atoms with Crippen LogP contribution in [0.1, 0.15) is 18.7 Å². The van der Waals surface area contributed by atoms with Crippen molar-refractivity contribution in [3.05, 3.63) is 5.82 Å². The minimum atomic E-state index is -0.0319. The summed E-state index contributed by atoms with van der Waals surface area (Å²) in [6, 6.07) is 0. The number of hydrogen-bond donors (Lipinski definition) is 0. The van der Waals surface area contributed by atoms with Crippen LogP contribution >= 0.6 is 11.8 Å². The van der Waals surface area contributed by atoms with Crippen molar-refractivity contribution >= 4 is 11.8 Å². The minimum Gasteiger partial charge on any atom is -0.353 e. The van der Waals surface area contributed by atoms with Crippen LogP contribution in [0.3, 0.4) is 0 Å². The lowest BCUT2D eigenvalue weighted by atomic mass is 10.4. The molecular formula is C10H17N3O2S. The van der Waals surface area contributed by atoms with Crippen LogP contribution in [0.4, 0.5) is 0 Å². The Kier molecular flexibility index (Phi) is 4.20. The van der Waals surface area contributed by atoms with Gasteiger partial charge in [-0.25, -0.2) is 0 Å². The standard InChI is InChI=1S/C10H17N3O2S/c1-8-11-12-10(13(8)2)16-7-4-9-14-5-3-6-15-9/h9H,3-7H2,1-2H3. The van der Waals surface area contributed by atoms with Gasteiger partial charge >= 0.3 is 0 Å². The van der Waals surface area contributed by atoms with E-state index in [1.807, 2.05) is 18.5 Å². The van der Waals surface area contributed by atoms with E-state index in [2.05, 4.69) is 10.2 Å². The van der Waals surface area contributed by atoms with Gasteiger partial charge in [-0.1, -0.05) is 11.8 Å². The van der Waals surface area contributed by atoms with Crippen LogP contribution in [0.15, 0.2) is 5.16 Å². The summed E-state index contributed by atoms with van der Waals surface area (Å²) in [5, 5.41) is 9.06. The van der Waals surface area contributed by atoms with Gasteiger partial charge in [0.05, 0.1) is 13.2 Å². The molecule has 0 aromatic carbocycles. The smallest absolute Gasteiger partial charge is 0.190 e. The SMILES string of the molecule is Cc1nnc(SCCC2OCCCO2)n1C. The molecular weight excluding hydrogens is 226 g/mol. The molecule has 1 aliphatic heterocycles. The number of aromatic nitrogens is 3. The monoisotopic (exact) mass is 243 g/mol. The second-order valence-electron chi connectivity index (χ2n) is 3.75. The number of hydrogen-bond acceptors (Lipinski definition) is 5. The fourth-order valence-electron chi connectivity index (χ4n) is 1.46. The third kappa shape index (κ3) is 2.96. The van der Waals surface area contributed by atoms with Gasteiger partial charge in [-0.2, -0.15) is 0 Å². The van der Waals surface area contributed by atoms with E-state index in [0.29, 0.717) is 0 Å². The van der Waals surface area contributed by atoms with E-state index >= 15 is 0 Å². The van der Waals surface area contributed by atoms with E-state index in [9.17, 15) is 0 Å². The Labute approximate surface area is 99.5 Å². The summed E-state index contributed by atoms with van der Waals surface area (Å²) < 4.78 is 12.9. The van der Waals surface area contributed by atoms with Gasteiger partial charge in [0.2, 0.25) is 0 Å². The highest BCUT2D eigenvalue weighted by atomic mass is 32.2. The molecule has 90 valence electrons. The highest BCUT2D eigenvalue weighted by molar-refractivity contribution is 7.99. The fourth-order valence-corrected chi connectivity index (χ4v) is 2.38. The molecule has 0 atom stereocenters. The molecule has 0 saturated carbocycles. The number of aryl methyl sites for hydroxylation is 1. The van der Waals surface area contributed by atoms with Gasteiger partial charge in [0.15, 0.2) is 11.4 Å². The van der Waals surface area contributed by atoms with E-state index in [-0.39, 0.29) is 6.29 Å².